The van der Waals surface area contributed by atoms with Crippen LogP contribution >= 0.6 is 0 Å². The SMILES string of the molecule is Cc1nonc1CC(=O)N1CCCC(C(=O)c2ccc3c(c2)OCO3)C1. The van der Waals surface area contributed by atoms with E-state index < -0.39 is 0 Å². The van der Waals surface area contributed by atoms with Crippen molar-refractivity contribution in [1.82, 2.24) is 15.2 Å². The molecule has 0 spiro atoms. The van der Waals surface area contributed by atoms with Crippen molar-refractivity contribution < 1.29 is 23.7 Å². The van der Waals surface area contributed by atoms with Crippen molar-refractivity contribution in [2.75, 3.05) is 19.9 Å². The van der Waals surface area contributed by atoms with Crippen LogP contribution in [0.15, 0.2) is 22.8 Å². The molecule has 4 rings (SSSR count). The van der Waals surface area contributed by atoms with Gasteiger partial charge in [0, 0.05) is 24.6 Å². The number of aromatic nitrogens is 2. The second kappa shape index (κ2) is 6.78. The van der Waals surface area contributed by atoms with Crippen molar-refractivity contribution in [2.45, 2.75) is 26.2 Å². The van der Waals surface area contributed by atoms with Gasteiger partial charge in [-0.15, -0.1) is 0 Å². The number of Topliss-reactive ketones (excluding diaryl/α,β-unsaturated/α-hetero) is 1. The summed E-state index contributed by atoms with van der Waals surface area (Å²) < 4.78 is 15.3. The van der Waals surface area contributed by atoms with Crippen LogP contribution in [0.25, 0.3) is 0 Å². The molecule has 8 heteroatoms. The lowest BCUT2D eigenvalue weighted by molar-refractivity contribution is -0.132. The highest BCUT2D eigenvalue weighted by atomic mass is 16.7. The van der Waals surface area contributed by atoms with Gasteiger partial charge in [-0.25, -0.2) is 4.63 Å². The first-order chi connectivity index (χ1) is 12.6. The van der Waals surface area contributed by atoms with E-state index in [9.17, 15) is 9.59 Å². The Morgan fingerprint density at radius 1 is 1.23 bits per heavy atom. The van der Waals surface area contributed by atoms with E-state index >= 15 is 0 Å². The zero-order chi connectivity index (χ0) is 18.1. The second-order valence-electron chi connectivity index (χ2n) is 6.58. The first-order valence-corrected chi connectivity index (χ1v) is 8.61. The highest BCUT2D eigenvalue weighted by Crippen LogP contribution is 2.33. The summed E-state index contributed by atoms with van der Waals surface area (Å²) in [6, 6.07) is 5.22. The van der Waals surface area contributed by atoms with Gasteiger partial charge in [0.05, 0.1) is 6.42 Å². The van der Waals surface area contributed by atoms with Crippen LogP contribution in [0.4, 0.5) is 0 Å². The van der Waals surface area contributed by atoms with Crippen LogP contribution in [0.1, 0.15) is 34.6 Å². The number of fused-ring (bicyclic) bond motifs is 1. The van der Waals surface area contributed by atoms with Gasteiger partial charge in [-0.2, -0.15) is 0 Å². The van der Waals surface area contributed by atoms with Gasteiger partial charge in [0.2, 0.25) is 12.7 Å². The number of piperidine rings is 1. The van der Waals surface area contributed by atoms with E-state index in [1.165, 1.54) is 0 Å². The molecule has 2 aliphatic heterocycles. The monoisotopic (exact) mass is 357 g/mol. The third-order valence-corrected chi connectivity index (χ3v) is 4.87. The summed E-state index contributed by atoms with van der Waals surface area (Å²) in [6.45, 7) is 2.99. The standard InChI is InChI=1S/C18H19N3O5/c1-11-14(20-26-19-11)8-17(22)21-6-2-3-13(9-21)18(23)12-4-5-15-16(7-12)25-10-24-15/h4-5,7,13H,2-3,6,8-10H2,1H3. The molecule has 2 aliphatic rings. The Balaban J connectivity index is 1.43. The summed E-state index contributed by atoms with van der Waals surface area (Å²) in [4.78, 5) is 27.1. The highest BCUT2D eigenvalue weighted by Gasteiger charge is 2.30. The van der Waals surface area contributed by atoms with E-state index in [4.69, 9.17) is 9.47 Å². The number of amides is 1. The summed E-state index contributed by atoms with van der Waals surface area (Å²) in [6.07, 6.45) is 1.70. The summed E-state index contributed by atoms with van der Waals surface area (Å²) >= 11 is 0. The Labute approximate surface area is 150 Å². The fourth-order valence-corrected chi connectivity index (χ4v) is 3.37. The predicted molar refractivity (Wildman–Crippen MR) is 88.9 cm³/mol. The van der Waals surface area contributed by atoms with E-state index in [2.05, 4.69) is 14.9 Å². The molecule has 0 aliphatic carbocycles. The summed E-state index contributed by atoms with van der Waals surface area (Å²) in [5.41, 5.74) is 1.74. The molecular weight excluding hydrogens is 338 g/mol. The molecule has 26 heavy (non-hydrogen) atoms. The average molecular weight is 357 g/mol. The van der Waals surface area contributed by atoms with Crippen LogP contribution < -0.4 is 9.47 Å². The summed E-state index contributed by atoms with van der Waals surface area (Å²) in [7, 11) is 0. The van der Waals surface area contributed by atoms with Gasteiger partial charge in [-0.05, 0) is 38.0 Å². The molecule has 3 heterocycles. The van der Waals surface area contributed by atoms with Gasteiger partial charge in [-0.1, -0.05) is 10.3 Å². The normalized spacial score (nSPS) is 18.8. The molecule has 1 saturated heterocycles. The number of ketones is 1. The average Bonchev–Trinajstić information content (AvgIpc) is 3.29. The minimum atomic E-state index is -0.218. The van der Waals surface area contributed by atoms with Gasteiger partial charge in [0.25, 0.3) is 0 Å². The van der Waals surface area contributed by atoms with Crippen molar-refractivity contribution in [2.24, 2.45) is 5.92 Å². The molecule has 1 atom stereocenters. The number of nitrogens with zero attached hydrogens (tertiary/aromatic N) is 3. The predicted octanol–water partition coefficient (Wildman–Crippen LogP) is 1.77. The lowest BCUT2D eigenvalue weighted by atomic mass is 9.89. The van der Waals surface area contributed by atoms with Gasteiger partial charge < -0.3 is 14.4 Å². The largest absolute Gasteiger partial charge is 0.454 e. The van der Waals surface area contributed by atoms with Gasteiger partial charge in [0.1, 0.15) is 11.4 Å². The smallest absolute Gasteiger partial charge is 0.231 e. The molecule has 1 fully saturated rings. The topological polar surface area (TPSA) is 94.8 Å². The minimum absolute atomic E-state index is 0.0279. The number of ether oxygens (including phenoxy) is 2. The Kier molecular flexibility index (Phi) is 4.32. The van der Waals surface area contributed by atoms with Gasteiger partial charge in [-0.3, -0.25) is 9.59 Å². The number of benzene rings is 1. The number of hydrogen-bond donors (Lipinski definition) is 0. The molecule has 136 valence electrons. The molecule has 0 bridgehead atoms. The zero-order valence-electron chi connectivity index (χ0n) is 14.4. The number of likely N-dealkylation sites (tertiary alicyclic amines) is 1. The Hall–Kier alpha value is -2.90. The quantitative estimate of drug-likeness (QED) is 0.770. The second-order valence-corrected chi connectivity index (χ2v) is 6.58. The lowest BCUT2D eigenvalue weighted by Gasteiger charge is -2.32. The lowest BCUT2D eigenvalue weighted by Crippen LogP contribution is -2.43. The van der Waals surface area contributed by atoms with Crippen molar-refractivity contribution in [3.63, 3.8) is 0 Å². The maximum absolute atomic E-state index is 12.9. The fourth-order valence-electron chi connectivity index (χ4n) is 3.37. The molecule has 0 radical (unpaired) electrons. The van der Waals surface area contributed by atoms with Gasteiger partial charge in [0.15, 0.2) is 17.3 Å². The molecule has 1 unspecified atom stereocenters. The summed E-state index contributed by atoms with van der Waals surface area (Å²) in [5, 5.41) is 7.45. The molecule has 1 amide bonds. The van der Waals surface area contributed by atoms with Crippen molar-refractivity contribution in [1.29, 1.82) is 0 Å². The zero-order valence-corrected chi connectivity index (χ0v) is 14.4. The van der Waals surface area contributed by atoms with Crippen molar-refractivity contribution in [3.8, 4) is 11.5 Å². The number of carbonyl (C=O) groups is 2. The molecular formula is C18H19N3O5. The molecule has 8 nitrogen and oxygen atoms in total. The van der Waals surface area contributed by atoms with Crippen molar-refractivity contribution in [3.05, 3.63) is 35.2 Å². The third-order valence-electron chi connectivity index (χ3n) is 4.87. The van der Waals surface area contributed by atoms with Crippen LogP contribution in [-0.2, 0) is 11.2 Å². The minimum Gasteiger partial charge on any atom is -0.454 e. The van der Waals surface area contributed by atoms with Crippen LogP contribution in [0, 0.1) is 12.8 Å². The van der Waals surface area contributed by atoms with Crippen LogP contribution in [0.3, 0.4) is 0 Å². The molecule has 1 aromatic carbocycles. The number of carbonyl (C=O) groups excluding carboxylic acids is 2. The first-order valence-electron chi connectivity index (χ1n) is 8.61. The van der Waals surface area contributed by atoms with Crippen LogP contribution in [0.2, 0.25) is 0 Å². The van der Waals surface area contributed by atoms with Crippen molar-refractivity contribution >= 4 is 11.7 Å². The van der Waals surface area contributed by atoms with E-state index in [-0.39, 0.29) is 30.8 Å². The molecule has 0 saturated carbocycles. The van der Waals surface area contributed by atoms with E-state index in [0.717, 1.165) is 12.8 Å². The Morgan fingerprint density at radius 3 is 2.88 bits per heavy atom. The van der Waals surface area contributed by atoms with E-state index in [1.54, 1.807) is 30.0 Å². The Morgan fingerprint density at radius 2 is 2.08 bits per heavy atom. The molecule has 0 N–H and O–H groups in total. The maximum Gasteiger partial charge on any atom is 0.231 e. The van der Waals surface area contributed by atoms with Gasteiger partial charge >= 0.3 is 0 Å². The first kappa shape index (κ1) is 16.6. The fraction of sp³-hybridized carbons (Fsp3) is 0.444. The highest BCUT2D eigenvalue weighted by molar-refractivity contribution is 5.99. The molecule has 1 aromatic heterocycles. The Bertz CT molecular complexity index is 847. The third kappa shape index (κ3) is 3.14. The summed E-state index contributed by atoms with van der Waals surface area (Å²) in [5.74, 6) is 0.990. The number of aryl methyl sites for hydroxylation is 1. The number of hydrogen-bond acceptors (Lipinski definition) is 7. The molecule has 2 aromatic rings. The van der Waals surface area contributed by atoms with Crippen LogP contribution in [0.5, 0.6) is 11.5 Å². The maximum atomic E-state index is 12.9. The van der Waals surface area contributed by atoms with E-state index in [0.29, 0.717) is 41.5 Å². The van der Waals surface area contributed by atoms with E-state index in [1.807, 2.05) is 0 Å². The van der Waals surface area contributed by atoms with Crippen LogP contribution in [-0.4, -0.2) is 46.8 Å². The number of rotatable bonds is 4.